The molecule has 1 aromatic rings. The summed E-state index contributed by atoms with van der Waals surface area (Å²) in [6.07, 6.45) is 0.774. The summed E-state index contributed by atoms with van der Waals surface area (Å²) in [5, 5.41) is 2.82. The van der Waals surface area contributed by atoms with Gasteiger partial charge in [-0.2, -0.15) is 0 Å². The topological polar surface area (TPSA) is 67.6 Å². The molecule has 0 fully saturated rings. The van der Waals surface area contributed by atoms with Crippen molar-refractivity contribution in [2.45, 2.75) is 19.4 Å². The standard InChI is InChI=1S/C13H21N3O2/c1-10(8-9-14)16(2)13(17)15-11-6-4-5-7-12(11)18-3/h4-7,10H,8-9,14H2,1-3H3,(H,15,17). The van der Waals surface area contributed by atoms with Gasteiger partial charge in [0.25, 0.3) is 0 Å². The lowest BCUT2D eigenvalue weighted by atomic mass is 10.2. The number of hydrogen-bond acceptors (Lipinski definition) is 3. The highest BCUT2D eigenvalue weighted by Crippen LogP contribution is 2.23. The third-order valence-corrected chi connectivity index (χ3v) is 2.91. The normalized spacial score (nSPS) is 11.8. The zero-order chi connectivity index (χ0) is 13.5. The molecule has 5 nitrogen and oxygen atoms in total. The number of nitrogens with zero attached hydrogens (tertiary/aromatic N) is 1. The Morgan fingerprint density at radius 3 is 2.78 bits per heavy atom. The molecule has 1 unspecified atom stereocenters. The van der Waals surface area contributed by atoms with Gasteiger partial charge in [0.1, 0.15) is 5.75 Å². The average Bonchev–Trinajstić information content (AvgIpc) is 2.38. The summed E-state index contributed by atoms with van der Waals surface area (Å²) in [4.78, 5) is 13.7. The minimum Gasteiger partial charge on any atom is -0.495 e. The van der Waals surface area contributed by atoms with Gasteiger partial charge in [-0.1, -0.05) is 12.1 Å². The predicted octanol–water partition coefficient (Wildman–Crippen LogP) is 1.90. The summed E-state index contributed by atoms with van der Waals surface area (Å²) in [7, 11) is 3.33. The van der Waals surface area contributed by atoms with E-state index in [2.05, 4.69) is 5.32 Å². The Kier molecular flexibility index (Phi) is 5.45. The van der Waals surface area contributed by atoms with E-state index < -0.39 is 0 Å². The molecule has 0 aromatic heterocycles. The number of carbonyl (C=O) groups excluding carboxylic acids is 1. The lowest BCUT2D eigenvalue weighted by Crippen LogP contribution is -2.39. The van der Waals surface area contributed by atoms with Crippen molar-refractivity contribution >= 4 is 11.7 Å². The van der Waals surface area contributed by atoms with Crippen LogP contribution in [0.4, 0.5) is 10.5 Å². The van der Waals surface area contributed by atoms with Crippen LogP contribution in [0.3, 0.4) is 0 Å². The third-order valence-electron chi connectivity index (χ3n) is 2.91. The number of carbonyl (C=O) groups is 1. The summed E-state index contributed by atoms with van der Waals surface area (Å²) in [5.74, 6) is 0.644. The molecule has 1 atom stereocenters. The van der Waals surface area contributed by atoms with Gasteiger partial charge < -0.3 is 20.7 Å². The van der Waals surface area contributed by atoms with Gasteiger partial charge in [0.2, 0.25) is 0 Å². The van der Waals surface area contributed by atoms with E-state index in [0.717, 1.165) is 6.42 Å². The second kappa shape index (κ2) is 6.86. The maximum absolute atomic E-state index is 12.0. The van der Waals surface area contributed by atoms with Gasteiger partial charge >= 0.3 is 6.03 Å². The summed E-state index contributed by atoms with van der Waals surface area (Å²) >= 11 is 0. The van der Waals surface area contributed by atoms with Gasteiger partial charge in [0.05, 0.1) is 12.8 Å². The quantitative estimate of drug-likeness (QED) is 0.839. The number of benzene rings is 1. The van der Waals surface area contributed by atoms with E-state index in [1.54, 1.807) is 31.2 Å². The first-order chi connectivity index (χ1) is 8.60. The molecule has 1 rings (SSSR count). The molecule has 0 bridgehead atoms. The highest BCUT2D eigenvalue weighted by Gasteiger charge is 2.16. The number of amides is 2. The van der Waals surface area contributed by atoms with E-state index in [1.807, 2.05) is 19.1 Å². The molecule has 0 saturated heterocycles. The number of ether oxygens (including phenoxy) is 1. The summed E-state index contributed by atoms with van der Waals surface area (Å²) in [6, 6.07) is 7.25. The molecule has 2 amide bonds. The van der Waals surface area contributed by atoms with E-state index in [9.17, 15) is 4.79 Å². The van der Waals surface area contributed by atoms with Crippen LogP contribution in [0.2, 0.25) is 0 Å². The maximum Gasteiger partial charge on any atom is 0.321 e. The van der Waals surface area contributed by atoms with Crippen molar-refractivity contribution in [3.8, 4) is 5.75 Å². The molecular weight excluding hydrogens is 230 g/mol. The van der Waals surface area contributed by atoms with Crippen LogP contribution in [0, 0.1) is 0 Å². The minimum absolute atomic E-state index is 0.102. The predicted molar refractivity (Wildman–Crippen MR) is 72.9 cm³/mol. The van der Waals surface area contributed by atoms with Gasteiger partial charge in [-0.05, 0) is 32.0 Å². The second-order valence-electron chi connectivity index (χ2n) is 4.17. The molecule has 0 radical (unpaired) electrons. The van der Waals surface area contributed by atoms with Gasteiger partial charge in [-0.15, -0.1) is 0 Å². The number of nitrogens with one attached hydrogen (secondary N) is 1. The highest BCUT2D eigenvalue weighted by atomic mass is 16.5. The van der Waals surface area contributed by atoms with Gasteiger partial charge in [-0.25, -0.2) is 4.79 Å². The van der Waals surface area contributed by atoms with E-state index in [1.165, 1.54) is 0 Å². The van der Waals surface area contributed by atoms with Crippen molar-refractivity contribution in [1.29, 1.82) is 0 Å². The van der Waals surface area contributed by atoms with E-state index in [4.69, 9.17) is 10.5 Å². The molecule has 0 spiro atoms. The minimum atomic E-state index is -0.166. The Morgan fingerprint density at radius 1 is 1.50 bits per heavy atom. The zero-order valence-electron chi connectivity index (χ0n) is 11.1. The number of para-hydroxylation sites is 2. The van der Waals surface area contributed by atoms with Crippen LogP contribution < -0.4 is 15.8 Å². The van der Waals surface area contributed by atoms with Crippen LogP contribution >= 0.6 is 0 Å². The van der Waals surface area contributed by atoms with Crippen molar-refractivity contribution in [3.63, 3.8) is 0 Å². The van der Waals surface area contributed by atoms with E-state index >= 15 is 0 Å². The molecule has 18 heavy (non-hydrogen) atoms. The molecule has 0 heterocycles. The lowest BCUT2D eigenvalue weighted by molar-refractivity contribution is 0.205. The molecule has 0 saturated carbocycles. The Hall–Kier alpha value is -1.75. The van der Waals surface area contributed by atoms with E-state index in [-0.39, 0.29) is 12.1 Å². The number of nitrogens with two attached hydrogens (primary N) is 1. The van der Waals surface area contributed by atoms with Gasteiger partial charge in [-0.3, -0.25) is 0 Å². The summed E-state index contributed by atoms with van der Waals surface area (Å²) in [6.45, 7) is 2.53. The van der Waals surface area contributed by atoms with Crippen molar-refractivity contribution < 1.29 is 9.53 Å². The SMILES string of the molecule is COc1ccccc1NC(=O)N(C)C(C)CCN. The van der Waals surface area contributed by atoms with Crippen LogP contribution in [0.5, 0.6) is 5.75 Å². The number of methoxy groups -OCH3 is 1. The number of rotatable bonds is 5. The van der Waals surface area contributed by atoms with Gasteiger partial charge in [0, 0.05) is 13.1 Å². The average molecular weight is 251 g/mol. The number of hydrogen-bond donors (Lipinski definition) is 2. The summed E-state index contributed by atoms with van der Waals surface area (Å²) < 4.78 is 5.18. The molecular formula is C13H21N3O2. The van der Waals surface area contributed by atoms with Crippen molar-refractivity contribution in [1.82, 2.24) is 4.90 Å². The van der Waals surface area contributed by atoms with Crippen LogP contribution in [-0.2, 0) is 0 Å². The Bertz CT molecular complexity index is 396. The van der Waals surface area contributed by atoms with Gasteiger partial charge in [0.15, 0.2) is 0 Å². The largest absolute Gasteiger partial charge is 0.495 e. The van der Waals surface area contributed by atoms with Crippen molar-refractivity contribution in [2.24, 2.45) is 5.73 Å². The van der Waals surface area contributed by atoms with Crippen molar-refractivity contribution in [2.75, 3.05) is 26.0 Å². The maximum atomic E-state index is 12.0. The number of anilines is 1. The first kappa shape index (κ1) is 14.3. The van der Waals surface area contributed by atoms with Crippen molar-refractivity contribution in [3.05, 3.63) is 24.3 Å². The summed E-state index contributed by atoms with van der Waals surface area (Å²) in [5.41, 5.74) is 6.15. The number of urea groups is 1. The van der Waals surface area contributed by atoms with Crippen LogP contribution in [0.25, 0.3) is 0 Å². The fraction of sp³-hybridized carbons (Fsp3) is 0.462. The molecule has 1 aromatic carbocycles. The second-order valence-corrected chi connectivity index (χ2v) is 4.17. The van der Waals surface area contributed by atoms with Crippen LogP contribution in [0.1, 0.15) is 13.3 Å². The molecule has 0 aliphatic carbocycles. The Morgan fingerprint density at radius 2 is 2.17 bits per heavy atom. The first-order valence-corrected chi connectivity index (χ1v) is 5.97. The zero-order valence-corrected chi connectivity index (χ0v) is 11.1. The molecule has 0 aliphatic heterocycles. The van der Waals surface area contributed by atoms with Crippen LogP contribution in [0.15, 0.2) is 24.3 Å². The van der Waals surface area contributed by atoms with E-state index in [0.29, 0.717) is 18.0 Å². The Balaban J connectivity index is 2.69. The molecule has 3 N–H and O–H groups in total. The molecule has 5 heteroatoms. The lowest BCUT2D eigenvalue weighted by Gasteiger charge is -2.25. The fourth-order valence-corrected chi connectivity index (χ4v) is 1.59. The van der Waals surface area contributed by atoms with Crippen LogP contribution in [-0.4, -0.2) is 37.7 Å². The monoisotopic (exact) mass is 251 g/mol. The third kappa shape index (κ3) is 3.63. The smallest absolute Gasteiger partial charge is 0.321 e. The first-order valence-electron chi connectivity index (χ1n) is 5.97. The highest BCUT2D eigenvalue weighted by molar-refractivity contribution is 5.90. The Labute approximate surface area is 108 Å². The molecule has 100 valence electrons. The molecule has 0 aliphatic rings. The fourth-order valence-electron chi connectivity index (χ4n) is 1.59.